The molecule has 6 heteroatoms. The van der Waals surface area contributed by atoms with E-state index in [1.807, 2.05) is 13.0 Å². The van der Waals surface area contributed by atoms with Gasteiger partial charge in [0.05, 0.1) is 17.0 Å². The molecular weight excluding hydrogens is 302 g/mol. The normalized spacial score (nSPS) is 19.5. The number of fused-ring (bicyclic) bond motifs is 1. The fourth-order valence-corrected chi connectivity index (χ4v) is 3.55. The van der Waals surface area contributed by atoms with Gasteiger partial charge in [-0.15, -0.1) is 0 Å². The Kier molecular flexibility index (Phi) is 3.91. The zero-order valence-corrected chi connectivity index (χ0v) is 14.0. The van der Waals surface area contributed by atoms with Crippen LogP contribution in [0, 0.1) is 24.2 Å². The Hall–Kier alpha value is -2.10. The summed E-state index contributed by atoms with van der Waals surface area (Å²) in [6, 6.07) is 6.24. The van der Waals surface area contributed by atoms with Crippen molar-refractivity contribution in [2.45, 2.75) is 51.9 Å². The van der Waals surface area contributed by atoms with Crippen LogP contribution in [0.4, 0.5) is 0 Å². The van der Waals surface area contributed by atoms with Gasteiger partial charge in [0, 0.05) is 37.6 Å². The second-order valence-electron chi connectivity index (χ2n) is 7.08. The molecule has 1 atom stereocenters. The van der Waals surface area contributed by atoms with Gasteiger partial charge in [0.15, 0.2) is 0 Å². The van der Waals surface area contributed by atoms with E-state index in [1.54, 1.807) is 0 Å². The second kappa shape index (κ2) is 6.08. The number of aliphatic hydroxyl groups excluding tert-OH is 1. The molecule has 2 aliphatic rings. The van der Waals surface area contributed by atoms with Gasteiger partial charge in [-0.2, -0.15) is 10.4 Å². The Morgan fingerprint density at radius 3 is 2.96 bits per heavy atom. The van der Waals surface area contributed by atoms with Gasteiger partial charge in [0.1, 0.15) is 12.2 Å². The molecule has 24 heavy (non-hydrogen) atoms. The number of rotatable bonds is 4. The minimum absolute atomic E-state index is 0.401. The van der Waals surface area contributed by atoms with Gasteiger partial charge in [-0.25, -0.2) is 0 Å². The Morgan fingerprint density at radius 1 is 1.42 bits per heavy atom. The van der Waals surface area contributed by atoms with Crippen molar-refractivity contribution in [3.63, 3.8) is 0 Å². The predicted octanol–water partition coefficient (Wildman–Crippen LogP) is 2.24. The lowest BCUT2D eigenvalue weighted by molar-refractivity contribution is 0.148. The third-order valence-corrected chi connectivity index (χ3v) is 5.07. The Morgan fingerprint density at radius 2 is 2.25 bits per heavy atom. The van der Waals surface area contributed by atoms with Crippen LogP contribution in [-0.2, 0) is 19.6 Å². The molecule has 0 radical (unpaired) electrons. The van der Waals surface area contributed by atoms with Crippen molar-refractivity contribution in [3.05, 3.63) is 40.5 Å². The van der Waals surface area contributed by atoms with Crippen LogP contribution in [-0.4, -0.2) is 31.3 Å². The third kappa shape index (κ3) is 2.97. The average molecular weight is 325 g/mol. The molecular formula is C18H23N5O. The molecule has 1 fully saturated rings. The molecule has 2 aromatic heterocycles. The van der Waals surface area contributed by atoms with E-state index in [2.05, 4.69) is 31.8 Å². The highest BCUT2D eigenvalue weighted by molar-refractivity contribution is 5.35. The molecule has 2 aromatic rings. The van der Waals surface area contributed by atoms with Crippen molar-refractivity contribution in [1.82, 2.24) is 19.7 Å². The maximum Gasteiger partial charge on any atom is 0.101 e. The third-order valence-electron chi connectivity index (χ3n) is 5.07. The number of hydrogen-bond acceptors (Lipinski definition) is 4. The molecule has 1 unspecified atom stereocenters. The summed E-state index contributed by atoms with van der Waals surface area (Å²) in [7, 11) is 0. The van der Waals surface area contributed by atoms with E-state index in [0.29, 0.717) is 5.92 Å². The van der Waals surface area contributed by atoms with Gasteiger partial charge < -0.3 is 10.1 Å². The summed E-state index contributed by atoms with van der Waals surface area (Å²) in [5.41, 5.74) is 4.74. The van der Waals surface area contributed by atoms with Crippen molar-refractivity contribution in [1.29, 1.82) is 5.26 Å². The van der Waals surface area contributed by atoms with E-state index in [1.165, 1.54) is 5.69 Å². The van der Waals surface area contributed by atoms with Crippen LogP contribution < -0.4 is 0 Å². The van der Waals surface area contributed by atoms with Crippen LogP contribution in [0.25, 0.3) is 0 Å². The molecule has 1 aliphatic heterocycles. The summed E-state index contributed by atoms with van der Waals surface area (Å²) in [6.45, 7) is 5.46. The number of nitriles is 1. The number of hydrogen-bond donors (Lipinski definition) is 2. The summed E-state index contributed by atoms with van der Waals surface area (Å²) < 4.78 is 2.06. The Labute approximate surface area is 141 Å². The smallest absolute Gasteiger partial charge is 0.101 e. The number of aliphatic hydroxyl groups is 1. The molecule has 1 saturated carbocycles. The van der Waals surface area contributed by atoms with Crippen LogP contribution in [0.15, 0.2) is 12.1 Å². The topological polar surface area (TPSA) is 80.9 Å². The lowest BCUT2D eigenvalue weighted by Crippen LogP contribution is -2.23. The lowest BCUT2D eigenvalue weighted by atomic mass is 10.1. The first-order chi connectivity index (χ1) is 11.6. The van der Waals surface area contributed by atoms with Gasteiger partial charge in [0.25, 0.3) is 0 Å². The first-order valence-electron chi connectivity index (χ1n) is 8.69. The van der Waals surface area contributed by atoms with E-state index in [0.717, 1.165) is 68.1 Å². The predicted molar refractivity (Wildman–Crippen MR) is 88.9 cm³/mol. The largest absolute Gasteiger partial charge is 0.386 e. The number of aromatic amines is 1. The molecule has 2 N–H and O–H groups in total. The van der Waals surface area contributed by atoms with E-state index in [-0.39, 0.29) is 0 Å². The van der Waals surface area contributed by atoms with Gasteiger partial charge in [-0.1, -0.05) is 0 Å². The van der Waals surface area contributed by atoms with Crippen molar-refractivity contribution < 1.29 is 5.11 Å². The highest BCUT2D eigenvalue weighted by Gasteiger charge is 2.33. The molecule has 0 amide bonds. The van der Waals surface area contributed by atoms with Crippen LogP contribution in [0.1, 0.15) is 53.7 Å². The number of aromatic nitrogens is 3. The molecule has 1 aliphatic carbocycles. The zero-order chi connectivity index (χ0) is 16.7. The highest BCUT2D eigenvalue weighted by atomic mass is 16.3. The minimum Gasteiger partial charge on any atom is -0.386 e. The first-order valence-corrected chi connectivity index (χ1v) is 8.69. The van der Waals surface area contributed by atoms with E-state index < -0.39 is 6.10 Å². The minimum atomic E-state index is -0.401. The van der Waals surface area contributed by atoms with Gasteiger partial charge in [0.2, 0.25) is 0 Å². The molecule has 0 spiro atoms. The summed E-state index contributed by atoms with van der Waals surface area (Å²) in [4.78, 5) is 5.68. The fourth-order valence-electron chi connectivity index (χ4n) is 3.55. The Bertz CT molecular complexity index is 780. The molecule has 3 heterocycles. The standard InChI is InChI=1S/C18H23N5O/c1-12-14(9-19)7-15(20-12)10-22-5-2-6-23-16(11-22)8-17(21-23)18(24)13-3-4-13/h7-8,13,18,20,24H,2-6,10-11H2,1H3. The number of nitrogens with one attached hydrogen (secondary N) is 1. The first kappa shape index (κ1) is 15.4. The molecule has 4 rings (SSSR count). The van der Waals surface area contributed by atoms with E-state index >= 15 is 0 Å². The molecule has 0 aromatic carbocycles. The van der Waals surface area contributed by atoms with Gasteiger partial charge in [-0.3, -0.25) is 9.58 Å². The summed E-state index contributed by atoms with van der Waals surface area (Å²) >= 11 is 0. The summed E-state index contributed by atoms with van der Waals surface area (Å²) in [5.74, 6) is 0.409. The van der Waals surface area contributed by atoms with Crippen LogP contribution in [0.2, 0.25) is 0 Å². The Balaban J connectivity index is 1.49. The lowest BCUT2D eigenvalue weighted by Gasteiger charge is -2.18. The quantitative estimate of drug-likeness (QED) is 0.903. The van der Waals surface area contributed by atoms with Crippen molar-refractivity contribution >= 4 is 0 Å². The van der Waals surface area contributed by atoms with Crippen molar-refractivity contribution in [3.8, 4) is 6.07 Å². The zero-order valence-electron chi connectivity index (χ0n) is 14.0. The number of nitrogens with zero attached hydrogens (tertiary/aromatic N) is 4. The molecule has 0 saturated heterocycles. The summed E-state index contributed by atoms with van der Waals surface area (Å²) in [6.07, 6.45) is 2.87. The monoisotopic (exact) mass is 325 g/mol. The van der Waals surface area contributed by atoms with Crippen molar-refractivity contribution in [2.75, 3.05) is 6.54 Å². The molecule has 126 valence electrons. The number of H-pyrrole nitrogens is 1. The van der Waals surface area contributed by atoms with Crippen LogP contribution in [0.5, 0.6) is 0 Å². The van der Waals surface area contributed by atoms with Gasteiger partial charge >= 0.3 is 0 Å². The van der Waals surface area contributed by atoms with E-state index in [4.69, 9.17) is 5.26 Å². The highest BCUT2D eigenvalue weighted by Crippen LogP contribution is 2.40. The van der Waals surface area contributed by atoms with Crippen LogP contribution in [0.3, 0.4) is 0 Å². The SMILES string of the molecule is Cc1[nH]c(CN2CCCn3nc(C(O)C4CC4)cc3C2)cc1C#N. The average Bonchev–Trinajstić information content (AvgIpc) is 3.29. The molecule has 6 nitrogen and oxygen atoms in total. The van der Waals surface area contributed by atoms with Crippen LogP contribution >= 0.6 is 0 Å². The number of aryl methyl sites for hydroxylation is 2. The molecule has 0 bridgehead atoms. The fraction of sp³-hybridized carbons (Fsp3) is 0.556. The van der Waals surface area contributed by atoms with Gasteiger partial charge in [-0.05, 0) is 44.2 Å². The summed E-state index contributed by atoms with van der Waals surface area (Å²) in [5, 5.41) is 24.0. The van der Waals surface area contributed by atoms with E-state index in [9.17, 15) is 5.11 Å². The second-order valence-corrected chi connectivity index (χ2v) is 7.08. The maximum atomic E-state index is 10.3. The maximum absolute atomic E-state index is 10.3. The van der Waals surface area contributed by atoms with Crippen molar-refractivity contribution in [2.24, 2.45) is 5.92 Å².